The lowest BCUT2D eigenvalue weighted by Crippen LogP contribution is -2.38. The normalized spacial score (nSPS) is 20.9. The number of anilines is 1. The van der Waals surface area contributed by atoms with Crippen LogP contribution in [0.1, 0.15) is 45.2 Å². The van der Waals surface area contributed by atoms with Gasteiger partial charge in [0.1, 0.15) is 0 Å². The Labute approximate surface area is 111 Å². The zero-order valence-electron chi connectivity index (χ0n) is 11.7. The molecule has 3 heteroatoms. The van der Waals surface area contributed by atoms with Crippen molar-refractivity contribution < 1.29 is 0 Å². The number of hydrogen-bond donors (Lipinski definition) is 1. The molecule has 3 nitrogen and oxygen atoms in total. The first kappa shape index (κ1) is 13.3. The molecule has 1 aliphatic heterocycles. The first-order valence-corrected chi connectivity index (χ1v) is 7.26. The Morgan fingerprint density at radius 2 is 2.28 bits per heavy atom. The summed E-state index contributed by atoms with van der Waals surface area (Å²) in [5.41, 5.74) is 2.38. The molecule has 0 amide bonds. The van der Waals surface area contributed by atoms with Gasteiger partial charge >= 0.3 is 0 Å². The summed E-state index contributed by atoms with van der Waals surface area (Å²) in [5, 5.41) is 3.35. The number of pyridine rings is 1. The van der Waals surface area contributed by atoms with E-state index in [0.717, 1.165) is 19.1 Å². The Morgan fingerprint density at radius 1 is 1.39 bits per heavy atom. The van der Waals surface area contributed by atoms with Crippen LogP contribution in [-0.2, 0) is 6.54 Å². The van der Waals surface area contributed by atoms with Crippen molar-refractivity contribution in [2.45, 2.75) is 52.1 Å². The molecule has 1 aromatic heterocycles. The van der Waals surface area contributed by atoms with Gasteiger partial charge in [-0.25, -0.2) is 0 Å². The highest BCUT2D eigenvalue weighted by Crippen LogP contribution is 2.21. The summed E-state index contributed by atoms with van der Waals surface area (Å²) in [6.45, 7) is 7.61. The highest BCUT2D eigenvalue weighted by atomic mass is 15.2. The van der Waals surface area contributed by atoms with E-state index in [2.05, 4.69) is 35.1 Å². The number of piperidine rings is 1. The van der Waals surface area contributed by atoms with Crippen molar-refractivity contribution in [3.05, 3.63) is 24.0 Å². The van der Waals surface area contributed by atoms with Gasteiger partial charge in [-0.05, 0) is 44.9 Å². The third kappa shape index (κ3) is 3.45. The minimum absolute atomic E-state index is 0.753. The predicted octanol–water partition coefficient (Wildman–Crippen LogP) is 3.28. The molecule has 0 aromatic carbocycles. The predicted molar refractivity (Wildman–Crippen MR) is 76.7 cm³/mol. The minimum Gasteiger partial charge on any atom is -0.385 e. The zero-order chi connectivity index (χ0) is 12.8. The molecule has 0 bridgehead atoms. The average Bonchev–Trinajstić information content (AvgIpc) is 2.40. The van der Waals surface area contributed by atoms with Crippen LogP contribution in [0.3, 0.4) is 0 Å². The van der Waals surface area contributed by atoms with Crippen LogP contribution in [-0.4, -0.2) is 29.0 Å². The fraction of sp³-hybridized carbons (Fsp3) is 0.667. The summed E-state index contributed by atoms with van der Waals surface area (Å²) < 4.78 is 0. The van der Waals surface area contributed by atoms with E-state index >= 15 is 0 Å². The average molecular weight is 247 g/mol. The second kappa shape index (κ2) is 6.74. The van der Waals surface area contributed by atoms with Crippen molar-refractivity contribution in [3.63, 3.8) is 0 Å². The molecule has 2 rings (SSSR count). The lowest BCUT2D eigenvalue weighted by atomic mass is 10.00. The Kier molecular flexibility index (Phi) is 5.00. The van der Waals surface area contributed by atoms with Crippen molar-refractivity contribution in [3.8, 4) is 0 Å². The van der Waals surface area contributed by atoms with E-state index in [0.29, 0.717) is 0 Å². The molecule has 1 aliphatic rings. The Bertz CT molecular complexity index is 365. The molecule has 1 atom stereocenters. The third-order valence-corrected chi connectivity index (χ3v) is 3.78. The van der Waals surface area contributed by atoms with Crippen LogP contribution in [0.5, 0.6) is 0 Å². The molecule has 1 aromatic rings. The lowest BCUT2D eigenvalue weighted by Gasteiger charge is -2.34. The molecule has 100 valence electrons. The Hall–Kier alpha value is -1.09. The standard InChI is InChI=1S/C15H25N3/c1-3-15-7-5-6-10-18(15)12-14-11-13(16-4-2)8-9-17-14/h8-9,11,15H,3-7,10,12H2,1-2H3,(H,16,17). The molecule has 0 saturated carbocycles. The van der Waals surface area contributed by atoms with Crippen molar-refractivity contribution in [2.24, 2.45) is 0 Å². The van der Waals surface area contributed by atoms with Crippen LogP contribution in [0.4, 0.5) is 5.69 Å². The summed E-state index contributed by atoms with van der Waals surface area (Å²) in [6.07, 6.45) is 7.25. The Balaban J connectivity index is 2.00. The van der Waals surface area contributed by atoms with E-state index in [1.165, 1.54) is 43.6 Å². The first-order chi connectivity index (χ1) is 8.83. The van der Waals surface area contributed by atoms with Gasteiger partial charge < -0.3 is 5.32 Å². The molecule has 2 heterocycles. The summed E-state index contributed by atoms with van der Waals surface area (Å²) in [4.78, 5) is 7.10. The van der Waals surface area contributed by atoms with Gasteiger partial charge in [0.2, 0.25) is 0 Å². The van der Waals surface area contributed by atoms with E-state index in [1.54, 1.807) is 0 Å². The number of nitrogens with zero attached hydrogens (tertiary/aromatic N) is 2. The minimum atomic E-state index is 0.753. The van der Waals surface area contributed by atoms with Crippen molar-refractivity contribution in [1.82, 2.24) is 9.88 Å². The Morgan fingerprint density at radius 3 is 3.06 bits per heavy atom. The summed E-state index contributed by atoms with van der Waals surface area (Å²) in [5.74, 6) is 0. The number of likely N-dealkylation sites (tertiary alicyclic amines) is 1. The number of aromatic nitrogens is 1. The van der Waals surface area contributed by atoms with E-state index in [4.69, 9.17) is 0 Å². The van der Waals surface area contributed by atoms with Crippen LogP contribution in [0, 0.1) is 0 Å². The molecular formula is C15H25N3. The molecule has 1 saturated heterocycles. The van der Waals surface area contributed by atoms with Gasteiger partial charge in [0.25, 0.3) is 0 Å². The zero-order valence-corrected chi connectivity index (χ0v) is 11.7. The van der Waals surface area contributed by atoms with Gasteiger partial charge in [0, 0.05) is 31.0 Å². The first-order valence-electron chi connectivity index (χ1n) is 7.26. The molecule has 0 radical (unpaired) electrons. The number of rotatable bonds is 5. The SMILES string of the molecule is CCNc1ccnc(CN2CCCCC2CC)c1. The monoisotopic (exact) mass is 247 g/mol. The van der Waals surface area contributed by atoms with Crippen molar-refractivity contribution in [1.29, 1.82) is 0 Å². The maximum absolute atomic E-state index is 4.50. The van der Waals surface area contributed by atoms with Gasteiger partial charge in [-0.15, -0.1) is 0 Å². The highest BCUT2D eigenvalue weighted by molar-refractivity contribution is 5.42. The largest absolute Gasteiger partial charge is 0.385 e. The fourth-order valence-corrected chi connectivity index (χ4v) is 2.82. The molecular weight excluding hydrogens is 222 g/mol. The maximum atomic E-state index is 4.50. The highest BCUT2D eigenvalue weighted by Gasteiger charge is 2.20. The van der Waals surface area contributed by atoms with Gasteiger partial charge in [-0.3, -0.25) is 9.88 Å². The smallest absolute Gasteiger partial charge is 0.0564 e. The van der Waals surface area contributed by atoms with Crippen LogP contribution >= 0.6 is 0 Å². The van der Waals surface area contributed by atoms with Crippen LogP contribution in [0.15, 0.2) is 18.3 Å². The van der Waals surface area contributed by atoms with E-state index < -0.39 is 0 Å². The summed E-state index contributed by atoms with van der Waals surface area (Å²) >= 11 is 0. The second-order valence-electron chi connectivity index (χ2n) is 5.09. The van der Waals surface area contributed by atoms with Crippen LogP contribution in [0.25, 0.3) is 0 Å². The quantitative estimate of drug-likeness (QED) is 0.865. The van der Waals surface area contributed by atoms with E-state index in [9.17, 15) is 0 Å². The third-order valence-electron chi connectivity index (χ3n) is 3.78. The molecule has 1 N–H and O–H groups in total. The molecule has 0 aliphatic carbocycles. The molecule has 1 unspecified atom stereocenters. The maximum Gasteiger partial charge on any atom is 0.0564 e. The lowest BCUT2D eigenvalue weighted by molar-refractivity contribution is 0.134. The topological polar surface area (TPSA) is 28.2 Å². The fourth-order valence-electron chi connectivity index (χ4n) is 2.82. The molecule has 1 fully saturated rings. The van der Waals surface area contributed by atoms with Crippen molar-refractivity contribution in [2.75, 3.05) is 18.4 Å². The molecule has 18 heavy (non-hydrogen) atoms. The van der Waals surface area contributed by atoms with Gasteiger partial charge in [0.15, 0.2) is 0 Å². The van der Waals surface area contributed by atoms with Gasteiger partial charge in [-0.1, -0.05) is 13.3 Å². The summed E-state index contributed by atoms with van der Waals surface area (Å²) in [6, 6.07) is 4.98. The number of hydrogen-bond acceptors (Lipinski definition) is 3. The van der Waals surface area contributed by atoms with E-state index in [1.807, 2.05) is 12.3 Å². The van der Waals surface area contributed by atoms with Gasteiger partial charge in [-0.2, -0.15) is 0 Å². The van der Waals surface area contributed by atoms with Crippen LogP contribution in [0.2, 0.25) is 0 Å². The second-order valence-corrected chi connectivity index (χ2v) is 5.09. The number of nitrogens with one attached hydrogen (secondary N) is 1. The van der Waals surface area contributed by atoms with E-state index in [-0.39, 0.29) is 0 Å². The van der Waals surface area contributed by atoms with Crippen LogP contribution < -0.4 is 5.32 Å². The summed E-state index contributed by atoms with van der Waals surface area (Å²) in [7, 11) is 0. The molecule has 0 spiro atoms. The van der Waals surface area contributed by atoms with Gasteiger partial charge in [0.05, 0.1) is 5.69 Å². The van der Waals surface area contributed by atoms with Crippen molar-refractivity contribution >= 4 is 5.69 Å².